The fourth-order valence-corrected chi connectivity index (χ4v) is 5.74. The van der Waals surface area contributed by atoms with Gasteiger partial charge in [-0.3, -0.25) is 9.10 Å². The van der Waals surface area contributed by atoms with Crippen molar-refractivity contribution in [3.8, 4) is 5.75 Å². The summed E-state index contributed by atoms with van der Waals surface area (Å²) in [5.41, 5.74) is 3.42. The maximum Gasteiger partial charge on any atom is 0.268 e. The lowest BCUT2D eigenvalue weighted by atomic mass is 10.00. The Hall–Kier alpha value is -3.03. The molecule has 0 fully saturated rings. The van der Waals surface area contributed by atoms with Crippen molar-refractivity contribution in [3.05, 3.63) is 88.4 Å². The van der Waals surface area contributed by atoms with Gasteiger partial charge in [-0.25, -0.2) is 8.42 Å². The molecule has 0 saturated carbocycles. The van der Waals surface area contributed by atoms with E-state index >= 15 is 0 Å². The van der Waals surface area contributed by atoms with Crippen LogP contribution in [0.25, 0.3) is 0 Å². The average Bonchev–Trinajstić information content (AvgIpc) is 2.82. The van der Waals surface area contributed by atoms with Crippen molar-refractivity contribution in [2.24, 2.45) is 0 Å². The number of amides is 1. The minimum Gasteiger partial charge on any atom is -0.495 e. The molecular weight excluding hydrogens is 460 g/mol. The summed E-state index contributed by atoms with van der Waals surface area (Å²) in [6, 6.07) is 19.4. The van der Waals surface area contributed by atoms with E-state index < -0.39 is 10.0 Å². The Bertz CT molecular complexity index is 1280. The van der Waals surface area contributed by atoms with Crippen molar-refractivity contribution in [1.29, 1.82) is 0 Å². The van der Waals surface area contributed by atoms with Gasteiger partial charge in [0.2, 0.25) is 5.91 Å². The van der Waals surface area contributed by atoms with Gasteiger partial charge in [0, 0.05) is 18.1 Å². The first kappa shape index (κ1) is 23.1. The van der Waals surface area contributed by atoms with Crippen LogP contribution in [-0.4, -0.2) is 39.4 Å². The Kier molecular flexibility index (Phi) is 6.63. The van der Waals surface area contributed by atoms with Crippen LogP contribution in [0, 0.1) is 6.92 Å². The Morgan fingerprint density at radius 1 is 1.06 bits per heavy atom. The lowest BCUT2D eigenvalue weighted by Gasteiger charge is -2.32. The van der Waals surface area contributed by atoms with Crippen LogP contribution in [0.15, 0.2) is 71.6 Å². The molecule has 8 heteroatoms. The summed E-state index contributed by atoms with van der Waals surface area (Å²) in [5.74, 6) is -0.0476. The molecule has 1 aliphatic heterocycles. The molecule has 0 N–H and O–H groups in total. The van der Waals surface area contributed by atoms with Crippen LogP contribution in [-0.2, 0) is 27.8 Å². The number of hydrogen-bond donors (Lipinski definition) is 0. The van der Waals surface area contributed by atoms with Gasteiger partial charge < -0.3 is 9.64 Å². The first-order valence-electron chi connectivity index (χ1n) is 10.6. The zero-order valence-corrected chi connectivity index (χ0v) is 20.1. The van der Waals surface area contributed by atoms with Gasteiger partial charge in [-0.1, -0.05) is 41.9 Å². The first-order valence-corrected chi connectivity index (χ1v) is 12.4. The third-order valence-corrected chi connectivity index (χ3v) is 7.81. The van der Waals surface area contributed by atoms with E-state index in [0.717, 1.165) is 21.9 Å². The lowest BCUT2D eigenvalue weighted by Crippen LogP contribution is -2.44. The summed E-state index contributed by atoms with van der Waals surface area (Å²) in [4.78, 5) is 15.0. The number of aryl methyl sites for hydroxylation is 1. The van der Waals surface area contributed by atoms with Gasteiger partial charge in [-0.2, -0.15) is 0 Å². The number of sulfonamides is 1. The molecule has 0 saturated heterocycles. The second-order valence-corrected chi connectivity index (χ2v) is 10.2. The van der Waals surface area contributed by atoms with Crippen molar-refractivity contribution >= 4 is 33.2 Å². The third kappa shape index (κ3) is 4.84. The van der Waals surface area contributed by atoms with Gasteiger partial charge in [0.05, 0.1) is 12.8 Å². The molecule has 0 radical (unpaired) electrons. The number of carbonyl (C=O) groups is 1. The number of rotatable bonds is 6. The largest absolute Gasteiger partial charge is 0.495 e. The Morgan fingerprint density at radius 3 is 2.45 bits per heavy atom. The highest BCUT2D eigenvalue weighted by atomic mass is 35.5. The summed E-state index contributed by atoms with van der Waals surface area (Å²) in [5, 5.41) is 0.475. The SMILES string of the molecule is COc1ccc(C)cc1S(=O)(=O)N(CC(=O)N1CCc2ccccc2C1)c1ccc(Cl)cc1. The molecule has 1 aliphatic rings. The highest BCUT2D eigenvalue weighted by Gasteiger charge is 2.32. The van der Waals surface area contributed by atoms with Crippen LogP contribution in [0.5, 0.6) is 5.75 Å². The van der Waals surface area contributed by atoms with Crippen LogP contribution in [0.1, 0.15) is 16.7 Å². The smallest absolute Gasteiger partial charge is 0.268 e. The van der Waals surface area contributed by atoms with E-state index in [4.69, 9.17) is 16.3 Å². The van der Waals surface area contributed by atoms with E-state index in [1.807, 2.05) is 18.2 Å². The number of methoxy groups -OCH3 is 1. The maximum absolute atomic E-state index is 13.8. The molecule has 0 aromatic heterocycles. The zero-order chi connectivity index (χ0) is 23.6. The molecule has 0 bridgehead atoms. The molecule has 3 aromatic carbocycles. The summed E-state index contributed by atoms with van der Waals surface area (Å²) in [6.07, 6.45) is 0.737. The summed E-state index contributed by atoms with van der Waals surface area (Å²) < 4.78 is 34.1. The quantitative estimate of drug-likeness (QED) is 0.519. The molecule has 1 amide bonds. The molecule has 172 valence electrons. The van der Waals surface area contributed by atoms with Gasteiger partial charge in [0.25, 0.3) is 10.0 Å². The van der Waals surface area contributed by atoms with E-state index in [1.165, 1.54) is 12.7 Å². The molecule has 3 aromatic rings. The van der Waals surface area contributed by atoms with Crippen molar-refractivity contribution in [1.82, 2.24) is 4.90 Å². The monoisotopic (exact) mass is 484 g/mol. The van der Waals surface area contributed by atoms with Crippen molar-refractivity contribution in [2.75, 3.05) is 24.5 Å². The highest BCUT2D eigenvalue weighted by molar-refractivity contribution is 7.93. The fraction of sp³-hybridized carbons (Fsp3) is 0.240. The van der Waals surface area contributed by atoms with Crippen molar-refractivity contribution in [2.45, 2.75) is 24.8 Å². The second kappa shape index (κ2) is 9.45. The number of ether oxygens (including phenoxy) is 1. The number of anilines is 1. The predicted octanol–water partition coefficient (Wildman–Crippen LogP) is 4.44. The first-order chi connectivity index (χ1) is 15.8. The van der Waals surface area contributed by atoms with E-state index in [2.05, 4.69) is 6.07 Å². The normalized spacial score (nSPS) is 13.4. The van der Waals surface area contributed by atoms with Crippen molar-refractivity contribution in [3.63, 3.8) is 0 Å². The highest BCUT2D eigenvalue weighted by Crippen LogP contribution is 2.32. The number of hydrogen-bond acceptors (Lipinski definition) is 4. The molecule has 0 atom stereocenters. The van der Waals surface area contributed by atoms with E-state index in [9.17, 15) is 13.2 Å². The average molecular weight is 485 g/mol. The molecule has 0 spiro atoms. The van der Waals surface area contributed by atoms with Crippen LogP contribution in [0.3, 0.4) is 0 Å². The van der Waals surface area contributed by atoms with Gasteiger partial charge in [0.1, 0.15) is 17.2 Å². The van der Waals surface area contributed by atoms with E-state index in [1.54, 1.807) is 54.3 Å². The molecule has 0 aliphatic carbocycles. The van der Waals surface area contributed by atoms with Crippen LogP contribution in [0.4, 0.5) is 5.69 Å². The molecule has 6 nitrogen and oxygen atoms in total. The third-order valence-electron chi connectivity index (χ3n) is 5.76. The number of fused-ring (bicyclic) bond motifs is 1. The van der Waals surface area contributed by atoms with Gasteiger partial charge >= 0.3 is 0 Å². The number of benzene rings is 3. The second-order valence-electron chi connectivity index (χ2n) is 7.98. The van der Waals surface area contributed by atoms with Crippen molar-refractivity contribution < 1.29 is 17.9 Å². The molecule has 0 unspecified atom stereocenters. The summed E-state index contributed by atoms with van der Waals surface area (Å²) in [7, 11) is -2.69. The Morgan fingerprint density at radius 2 is 1.76 bits per heavy atom. The number of nitrogens with zero attached hydrogens (tertiary/aromatic N) is 2. The summed E-state index contributed by atoms with van der Waals surface area (Å²) in [6.45, 7) is 2.47. The number of halogens is 1. The molecule has 4 rings (SSSR count). The van der Waals surface area contributed by atoms with Gasteiger partial charge in [0.15, 0.2) is 0 Å². The van der Waals surface area contributed by atoms with E-state index in [0.29, 0.717) is 23.8 Å². The standard InChI is InChI=1S/C25H25ClN2O4S/c1-18-7-12-23(32-2)24(15-18)33(30,31)28(22-10-8-21(26)9-11-22)17-25(29)27-14-13-19-5-3-4-6-20(19)16-27/h3-12,15H,13-14,16-17H2,1-2H3. The van der Waals surface area contributed by atoms with Crippen LogP contribution < -0.4 is 9.04 Å². The predicted molar refractivity (Wildman–Crippen MR) is 129 cm³/mol. The topological polar surface area (TPSA) is 66.9 Å². The lowest BCUT2D eigenvalue weighted by molar-refractivity contribution is -0.130. The summed E-state index contributed by atoms with van der Waals surface area (Å²) >= 11 is 6.03. The van der Waals surface area contributed by atoms with Gasteiger partial charge in [-0.05, 0) is 66.4 Å². The fourth-order valence-electron chi connectivity index (χ4n) is 3.96. The molecular formula is C25H25ClN2O4S. The zero-order valence-electron chi connectivity index (χ0n) is 18.5. The van der Waals surface area contributed by atoms with Gasteiger partial charge in [-0.15, -0.1) is 0 Å². The van der Waals surface area contributed by atoms with Crippen LogP contribution >= 0.6 is 11.6 Å². The maximum atomic E-state index is 13.8. The molecule has 1 heterocycles. The Balaban J connectivity index is 1.70. The minimum absolute atomic E-state index is 0.0109. The van der Waals surface area contributed by atoms with E-state index in [-0.39, 0.29) is 23.1 Å². The molecule has 33 heavy (non-hydrogen) atoms. The Labute approximate surface area is 199 Å². The van der Waals surface area contributed by atoms with Crippen LogP contribution in [0.2, 0.25) is 5.02 Å². The minimum atomic E-state index is -4.11. The number of carbonyl (C=O) groups excluding carboxylic acids is 1.